The van der Waals surface area contributed by atoms with E-state index < -0.39 is 14.2 Å². The van der Waals surface area contributed by atoms with Crippen LogP contribution < -0.4 is 0 Å². The van der Waals surface area contributed by atoms with Crippen LogP contribution in [0.2, 0.25) is 0 Å². The summed E-state index contributed by atoms with van der Waals surface area (Å²) in [6, 6.07) is 0. The van der Waals surface area contributed by atoms with Crippen molar-refractivity contribution < 1.29 is 23.5 Å². The molecule has 6 heteroatoms. The molecule has 15 heavy (non-hydrogen) atoms. The number of esters is 1. The molecule has 0 rings (SSSR count). The molecular formula is C9H17O5P. The minimum atomic E-state index is -2.92. The van der Waals surface area contributed by atoms with E-state index in [1.807, 2.05) is 13.8 Å². The van der Waals surface area contributed by atoms with Crippen LogP contribution in [-0.2, 0) is 18.6 Å². The van der Waals surface area contributed by atoms with Gasteiger partial charge in [-0.1, -0.05) is 19.4 Å². The van der Waals surface area contributed by atoms with E-state index in [4.69, 9.17) is 9.63 Å². The van der Waals surface area contributed by atoms with Crippen LogP contribution in [0.1, 0.15) is 26.7 Å². The van der Waals surface area contributed by atoms with Crippen LogP contribution in [-0.4, -0.2) is 24.1 Å². The van der Waals surface area contributed by atoms with Crippen molar-refractivity contribution in [3.05, 3.63) is 11.6 Å². The fourth-order valence-corrected chi connectivity index (χ4v) is 1.19. The maximum atomic E-state index is 11.1. The monoisotopic (exact) mass is 236 g/mol. The molecule has 0 aromatic heterocycles. The van der Waals surface area contributed by atoms with Gasteiger partial charge in [-0.05, 0) is 12.8 Å². The minimum absolute atomic E-state index is 0.00694. The molecule has 0 aliphatic carbocycles. The first-order chi connectivity index (χ1) is 7.10. The number of carbonyl (C=O) groups excluding carboxylic acids is 1. The van der Waals surface area contributed by atoms with Gasteiger partial charge in [0.1, 0.15) is 6.61 Å². The van der Waals surface area contributed by atoms with Crippen molar-refractivity contribution >= 4 is 14.2 Å². The first-order valence-electron chi connectivity index (χ1n) is 4.82. The van der Waals surface area contributed by atoms with Gasteiger partial charge in [-0.2, -0.15) is 0 Å². The number of hydrogen-bond donors (Lipinski definition) is 1. The van der Waals surface area contributed by atoms with Gasteiger partial charge in [0.25, 0.3) is 0 Å². The molecule has 0 aliphatic heterocycles. The molecule has 0 amide bonds. The lowest BCUT2D eigenvalue weighted by atomic mass is 10.1. The molecule has 0 radical (unpaired) electrons. The van der Waals surface area contributed by atoms with Crippen molar-refractivity contribution in [3.63, 3.8) is 0 Å². The molecule has 1 atom stereocenters. The third-order valence-electron chi connectivity index (χ3n) is 1.78. The predicted molar refractivity (Wildman–Crippen MR) is 56.8 cm³/mol. The molecule has 5 nitrogen and oxygen atoms in total. The van der Waals surface area contributed by atoms with E-state index in [0.29, 0.717) is 0 Å². The molecule has 1 unspecified atom stereocenters. The summed E-state index contributed by atoms with van der Waals surface area (Å²) < 4.78 is 19.2. The van der Waals surface area contributed by atoms with Gasteiger partial charge in [-0.3, -0.25) is 4.57 Å². The topological polar surface area (TPSA) is 72.8 Å². The smallest absolute Gasteiger partial charge is 0.330 e. The molecule has 0 fully saturated rings. The summed E-state index contributed by atoms with van der Waals surface area (Å²) in [4.78, 5) is 19.4. The van der Waals surface area contributed by atoms with Crippen LogP contribution in [0.5, 0.6) is 0 Å². The highest BCUT2D eigenvalue weighted by molar-refractivity contribution is 7.32. The first-order valence-corrected chi connectivity index (χ1v) is 6.08. The predicted octanol–water partition coefficient (Wildman–Crippen LogP) is 1.67. The Morgan fingerprint density at radius 2 is 1.93 bits per heavy atom. The molecule has 0 saturated heterocycles. The van der Waals surface area contributed by atoms with Gasteiger partial charge in [-0.15, -0.1) is 0 Å². The molecular weight excluding hydrogens is 219 g/mol. The average molecular weight is 236 g/mol. The summed E-state index contributed by atoms with van der Waals surface area (Å²) in [6.07, 6.45) is 3.07. The SMILES string of the molecule is CCC(=CC(=O)OCCO[PH](=O)O)CC. The number of ether oxygens (including phenoxy) is 1. The molecule has 0 aliphatic rings. The first kappa shape index (κ1) is 14.4. The maximum Gasteiger partial charge on any atom is 0.330 e. The Hall–Kier alpha value is -0.640. The fourth-order valence-electron chi connectivity index (χ4n) is 0.934. The second-order valence-corrected chi connectivity index (χ2v) is 3.61. The summed E-state index contributed by atoms with van der Waals surface area (Å²) in [6.45, 7) is 3.86. The summed E-state index contributed by atoms with van der Waals surface area (Å²) in [7, 11) is -2.92. The minimum Gasteiger partial charge on any atom is -0.460 e. The second-order valence-electron chi connectivity index (χ2n) is 2.79. The molecule has 1 N–H and O–H groups in total. The van der Waals surface area contributed by atoms with Crippen LogP contribution in [0, 0.1) is 0 Å². The van der Waals surface area contributed by atoms with Crippen molar-refractivity contribution in [2.75, 3.05) is 13.2 Å². The number of hydrogen-bond acceptors (Lipinski definition) is 4. The molecule has 0 aromatic rings. The lowest BCUT2D eigenvalue weighted by molar-refractivity contribution is -0.138. The van der Waals surface area contributed by atoms with Crippen molar-refractivity contribution in [3.8, 4) is 0 Å². The van der Waals surface area contributed by atoms with Crippen molar-refractivity contribution in [2.24, 2.45) is 0 Å². The highest BCUT2D eigenvalue weighted by Crippen LogP contribution is 2.13. The van der Waals surface area contributed by atoms with Gasteiger partial charge in [0.05, 0.1) is 6.61 Å². The Bertz CT molecular complexity index is 243. The van der Waals surface area contributed by atoms with E-state index in [2.05, 4.69) is 4.52 Å². The van der Waals surface area contributed by atoms with Gasteiger partial charge in [0.2, 0.25) is 0 Å². The Balaban J connectivity index is 3.74. The van der Waals surface area contributed by atoms with E-state index >= 15 is 0 Å². The molecule has 0 aromatic carbocycles. The van der Waals surface area contributed by atoms with Gasteiger partial charge < -0.3 is 14.2 Å². The van der Waals surface area contributed by atoms with Crippen LogP contribution in [0.25, 0.3) is 0 Å². The number of rotatable bonds is 7. The zero-order chi connectivity index (χ0) is 11.7. The molecule has 0 spiro atoms. The van der Waals surface area contributed by atoms with E-state index in [9.17, 15) is 9.36 Å². The summed E-state index contributed by atoms with van der Waals surface area (Å²) in [5.74, 6) is -0.435. The third kappa shape index (κ3) is 8.36. The Morgan fingerprint density at radius 1 is 1.33 bits per heavy atom. The summed E-state index contributed by atoms with van der Waals surface area (Å²) in [5.41, 5.74) is 1.01. The largest absolute Gasteiger partial charge is 0.460 e. The Kier molecular flexibility index (Phi) is 8.28. The van der Waals surface area contributed by atoms with Gasteiger partial charge in [-0.25, -0.2) is 4.79 Å². The zero-order valence-corrected chi connectivity index (χ0v) is 9.99. The quantitative estimate of drug-likeness (QED) is 0.315. The number of allylic oxidation sites excluding steroid dienone is 1. The Morgan fingerprint density at radius 3 is 2.40 bits per heavy atom. The molecule has 0 saturated carbocycles. The lowest BCUT2D eigenvalue weighted by Gasteiger charge is -2.03. The highest BCUT2D eigenvalue weighted by atomic mass is 31.1. The number of carbonyl (C=O) groups is 1. The highest BCUT2D eigenvalue weighted by Gasteiger charge is 2.00. The van der Waals surface area contributed by atoms with Crippen LogP contribution in [0.4, 0.5) is 0 Å². The van der Waals surface area contributed by atoms with E-state index in [1.54, 1.807) is 0 Å². The van der Waals surface area contributed by atoms with E-state index in [-0.39, 0.29) is 13.2 Å². The molecule has 88 valence electrons. The van der Waals surface area contributed by atoms with Crippen LogP contribution >= 0.6 is 8.25 Å². The average Bonchev–Trinajstić information content (AvgIpc) is 2.20. The Labute approximate surface area is 90.0 Å². The second kappa shape index (κ2) is 8.65. The standard InChI is InChI=1S/C9H17O5P/c1-3-8(4-2)7-9(10)13-5-6-14-15(11)12/h7,15H,3-6H2,1-2H3,(H,11,12). The van der Waals surface area contributed by atoms with Gasteiger partial charge in [0, 0.05) is 6.08 Å². The normalized spacial score (nSPS) is 11.9. The maximum absolute atomic E-state index is 11.1. The molecule has 0 bridgehead atoms. The van der Waals surface area contributed by atoms with Gasteiger partial charge in [0.15, 0.2) is 0 Å². The van der Waals surface area contributed by atoms with E-state index in [0.717, 1.165) is 18.4 Å². The van der Waals surface area contributed by atoms with Crippen LogP contribution in [0.15, 0.2) is 11.6 Å². The van der Waals surface area contributed by atoms with Crippen molar-refractivity contribution in [1.29, 1.82) is 0 Å². The lowest BCUT2D eigenvalue weighted by Crippen LogP contribution is -2.07. The van der Waals surface area contributed by atoms with Crippen LogP contribution in [0.3, 0.4) is 0 Å². The molecule has 0 heterocycles. The fraction of sp³-hybridized carbons (Fsp3) is 0.667. The van der Waals surface area contributed by atoms with Gasteiger partial charge >= 0.3 is 14.2 Å². The third-order valence-corrected chi connectivity index (χ3v) is 2.23. The van der Waals surface area contributed by atoms with Crippen molar-refractivity contribution in [1.82, 2.24) is 0 Å². The summed E-state index contributed by atoms with van der Waals surface area (Å²) in [5, 5.41) is 0. The van der Waals surface area contributed by atoms with Crippen molar-refractivity contribution in [2.45, 2.75) is 26.7 Å². The zero-order valence-electron chi connectivity index (χ0n) is 8.99. The summed E-state index contributed by atoms with van der Waals surface area (Å²) >= 11 is 0. The van der Waals surface area contributed by atoms with E-state index in [1.165, 1.54) is 6.08 Å².